The van der Waals surface area contributed by atoms with Gasteiger partial charge in [0.15, 0.2) is 11.0 Å². The van der Waals surface area contributed by atoms with E-state index in [4.69, 9.17) is 4.74 Å². The Morgan fingerprint density at radius 1 is 1.07 bits per heavy atom. The summed E-state index contributed by atoms with van der Waals surface area (Å²) in [4.78, 5) is 12.3. The maximum atomic E-state index is 12.3. The summed E-state index contributed by atoms with van der Waals surface area (Å²) in [5.41, 5.74) is 3.12. The third-order valence-corrected chi connectivity index (χ3v) is 5.65. The van der Waals surface area contributed by atoms with E-state index in [9.17, 15) is 4.79 Å². The lowest BCUT2D eigenvalue weighted by molar-refractivity contribution is -0.113. The van der Waals surface area contributed by atoms with E-state index in [0.29, 0.717) is 11.8 Å². The highest BCUT2D eigenvalue weighted by Gasteiger charge is 2.16. The molecule has 158 valence electrons. The number of aromatic nitrogens is 3. The van der Waals surface area contributed by atoms with E-state index in [1.54, 1.807) is 0 Å². The van der Waals surface area contributed by atoms with Crippen LogP contribution in [0.25, 0.3) is 11.4 Å². The van der Waals surface area contributed by atoms with Crippen LogP contribution in [0, 0.1) is 0 Å². The molecular weight excluding hydrogens is 396 g/mol. The molecule has 1 aromatic heterocycles. The van der Waals surface area contributed by atoms with Gasteiger partial charge in [-0.15, -0.1) is 10.2 Å². The van der Waals surface area contributed by atoms with E-state index in [1.807, 2.05) is 42.8 Å². The van der Waals surface area contributed by atoms with Gasteiger partial charge < -0.3 is 14.6 Å². The molecule has 0 atom stereocenters. The number of carbonyl (C=O) groups excluding carboxylic acids is 1. The van der Waals surface area contributed by atoms with Gasteiger partial charge >= 0.3 is 0 Å². The largest absolute Gasteiger partial charge is 0.494 e. The van der Waals surface area contributed by atoms with Crippen LogP contribution < -0.4 is 10.1 Å². The topological polar surface area (TPSA) is 69.0 Å². The maximum absolute atomic E-state index is 12.3. The Kier molecular flexibility index (Phi) is 6.82. The van der Waals surface area contributed by atoms with E-state index in [0.717, 1.165) is 22.8 Å². The summed E-state index contributed by atoms with van der Waals surface area (Å²) in [5, 5.41) is 12.2. The fraction of sp³-hybridized carbons (Fsp3) is 0.348. The van der Waals surface area contributed by atoms with Crippen molar-refractivity contribution in [3.05, 3.63) is 54.1 Å². The Morgan fingerprint density at radius 2 is 1.73 bits per heavy atom. The second-order valence-electron chi connectivity index (χ2n) is 7.99. The summed E-state index contributed by atoms with van der Waals surface area (Å²) >= 11 is 1.36. The molecule has 0 aliphatic carbocycles. The van der Waals surface area contributed by atoms with Crippen molar-refractivity contribution in [1.29, 1.82) is 0 Å². The molecule has 0 aliphatic heterocycles. The fourth-order valence-electron chi connectivity index (χ4n) is 2.94. The molecule has 0 unspecified atom stereocenters. The van der Waals surface area contributed by atoms with E-state index in [2.05, 4.69) is 60.6 Å². The SMILES string of the molecule is CCOc1ccc(NC(=O)CSc2nnc(-c3ccc(C(C)(C)C)cc3)n2C)cc1. The van der Waals surface area contributed by atoms with Crippen LogP contribution in [0.5, 0.6) is 5.75 Å². The number of anilines is 1. The van der Waals surface area contributed by atoms with Gasteiger partial charge in [-0.25, -0.2) is 0 Å². The molecule has 0 aliphatic rings. The first-order valence-corrected chi connectivity index (χ1v) is 10.9. The maximum Gasteiger partial charge on any atom is 0.234 e. The van der Waals surface area contributed by atoms with Crippen LogP contribution in [0.15, 0.2) is 53.7 Å². The molecule has 1 amide bonds. The van der Waals surface area contributed by atoms with E-state index < -0.39 is 0 Å². The molecule has 1 N–H and O–H groups in total. The van der Waals surface area contributed by atoms with Gasteiger partial charge in [-0.3, -0.25) is 4.79 Å². The summed E-state index contributed by atoms with van der Waals surface area (Å²) in [5.74, 6) is 1.72. The summed E-state index contributed by atoms with van der Waals surface area (Å²) in [6.07, 6.45) is 0. The minimum atomic E-state index is -0.0942. The number of nitrogens with one attached hydrogen (secondary N) is 1. The monoisotopic (exact) mass is 424 g/mol. The lowest BCUT2D eigenvalue weighted by Crippen LogP contribution is -2.14. The van der Waals surface area contributed by atoms with Gasteiger partial charge in [-0.1, -0.05) is 56.8 Å². The minimum absolute atomic E-state index is 0.0942. The van der Waals surface area contributed by atoms with Crippen LogP contribution in [-0.2, 0) is 17.3 Å². The lowest BCUT2D eigenvalue weighted by Gasteiger charge is -2.19. The van der Waals surface area contributed by atoms with Crippen molar-refractivity contribution in [3.8, 4) is 17.1 Å². The van der Waals surface area contributed by atoms with Crippen molar-refractivity contribution >= 4 is 23.4 Å². The number of hydrogen-bond donors (Lipinski definition) is 1. The smallest absolute Gasteiger partial charge is 0.234 e. The Labute approximate surface area is 182 Å². The zero-order valence-corrected chi connectivity index (χ0v) is 18.9. The third-order valence-electron chi connectivity index (χ3n) is 4.63. The van der Waals surface area contributed by atoms with Gasteiger partial charge in [0.1, 0.15) is 5.75 Å². The summed E-state index contributed by atoms with van der Waals surface area (Å²) in [6, 6.07) is 15.7. The van der Waals surface area contributed by atoms with Crippen LogP contribution in [0.4, 0.5) is 5.69 Å². The molecule has 0 saturated heterocycles. The van der Waals surface area contributed by atoms with Gasteiger partial charge in [0.25, 0.3) is 0 Å². The number of rotatable bonds is 7. The molecule has 0 saturated carbocycles. The number of hydrogen-bond acceptors (Lipinski definition) is 5. The predicted octanol–water partition coefficient (Wildman–Crippen LogP) is 4.91. The van der Waals surface area contributed by atoms with Crippen molar-refractivity contribution in [1.82, 2.24) is 14.8 Å². The Bertz CT molecular complexity index is 990. The van der Waals surface area contributed by atoms with E-state index in [1.165, 1.54) is 17.3 Å². The Balaban J connectivity index is 1.60. The zero-order chi connectivity index (χ0) is 21.7. The molecule has 6 nitrogen and oxygen atoms in total. The molecule has 7 heteroatoms. The van der Waals surface area contributed by atoms with Crippen LogP contribution in [0.3, 0.4) is 0 Å². The van der Waals surface area contributed by atoms with Crippen LogP contribution in [-0.4, -0.2) is 33.0 Å². The number of ether oxygens (including phenoxy) is 1. The van der Waals surface area contributed by atoms with Crippen molar-refractivity contribution in [2.75, 3.05) is 17.7 Å². The molecule has 1 heterocycles. The van der Waals surface area contributed by atoms with E-state index in [-0.39, 0.29) is 17.1 Å². The van der Waals surface area contributed by atoms with Gasteiger partial charge in [0, 0.05) is 18.3 Å². The summed E-state index contributed by atoms with van der Waals surface area (Å²) in [6.45, 7) is 9.13. The van der Waals surface area contributed by atoms with E-state index >= 15 is 0 Å². The Morgan fingerprint density at radius 3 is 2.33 bits per heavy atom. The molecule has 2 aromatic carbocycles. The molecule has 0 bridgehead atoms. The molecule has 3 rings (SSSR count). The average molecular weight is 425 g/mol. The normalized spacial score (nSPS) is 11.4. The van der Waals surface area contributed by atoms with Crippen molar-refractivity contribution in [3.63, 3.8) is 0 Å². The van der Waals surface area contributed by atoms with Crippen LogP contribution >= 0.6 is 11.8 Å². The Hall–Kier alpha value is -2.80. The first-order valence-electron chi connectivity index (χ1n) is 9.93. The average Bonchev–Trinajstić information content (AvgIpc) is 3.08. The molecule has 3 aromatic rings. The molecular formula is C23H28N4O2S. The van der Waals surface area contributed by atoms with Gasteiger partial charge in [0.2, 0.25) is 5.91 Å². The molecule has 0 spiro atoms. The second kappa shape index (κ2) is 9.34. The number of nitrogens with zero attached hydrogens (tertiary/aromatic N) is 3. The first kappa shape index (κ1) is 21.9. The van der Waals surface area contributed by atoms with Gasteiger partial charge in [-0.05, 0) is 42.2 Å². The third kappa shape index (κ3) is 5.42. The molecule has 30 heavy (non-hydrogen) atoms. The van der Waals surface area contributed by atoms with Crippen LogP contribution in [0.2, 0.25) is 0 Å². The number of thioether (sulfide) groups is 1. The molecule has 0 fully saturated rings. The number of carbonyl (C=O) groups is 1. The highest BCUT2D eigenvalue weighted by atomic mass is 32.2. The standard InChI is InChI=1S/C23H28N4O2S/c1-6-29-19-13-11-18(12-14-19)24-20(28)15-30-22-26-25-21(27(22)5)16-7-9-17(10-8-16)23(2,3)4/h7-14H,6,15H2,1-5H3,(H,24,28). The van der Waals surface area contributed by atoms with Crippen LogP contribution in [0.1, 0.15) is 33.3 Å². The minimum Gasteiger partial charge on any atom is -0.494 e. The van der Waals surface area contributed by atoms with Crippen molar-refractivity contribution < 1.29 is 9.53 Å². The van der Waals surface area contributed by atoms with Gasteiger partial charge in [0.05, 0.1) is 12.4 Å². The van der Waals surface area contributed by atoms with Crippen molar-refractivity contribution in [2.45, 2.75) is 38.3 Å². The summed E-state index contributed by atoms with van der Waals surface area (Å²) in [7, 11) is 1.92. The fourth-order valence-corrected chi connectivity index (χ4v) is 3.65. The summed E-state index contributed by atoms with van der Waals surface area (Å²) < 4.78 is 7.33. The highest BCUT2D eigenvalue weighted by Crippen LogP contribution is 2.27. The quantitative estimate of drug-likeness (QED) is 0.546. The lowest BCUT2D eigenvalue weighted by atomic mass is 9.87. The van der Waals surface area contributed by atoms with Crippen molar-refractivity contribution in [2.24, 2.45) is 7.05 Å². The number of amides is 1. The second-order valence-corrected chi connectivity index (χ2v) is 8.93. The highest BCUT2D eigenvalue weighted by molar-refractivity contribution is 7.99. The molecule has 0 radical (unpaired) electrons. The predicted molar refractivity (Wildman–Crippen MR) is 122 cm³/mol. The zero-order valence-electron chi connectivity index (χ0n) is 18.1. The number of benzene rings is 2. The van der Waals surface area contributed by atoms with Gasteiger partial charge in [-0.2, -0.15) is 0 Å². The first-order chi connectivity index (χ1) is 14.3.